The van der Waals surface area contributed by atoms with Crippen molar-refractivity contribution in [2.24, 2.45) is 11.3 Å². The fourth-order valence-corrected chi connectivity index (χ4v) is 7.02. The highest BCUT2D eigenvalue weighted by Gasteiger charge is 2.39. The molecule has 1 atom stereocenters. The number of nitrogens with zero attached hydrogens (tertiary/aromatic N) is 6. The molecule has 232 valence electrons. The van der Waals surface area contributed by atoms with Gasteiger partial charge < -0.3 is 14.5 Å². The van der Waals surface area contributed by atoms with Crippen molar-refractivity contribution >= 4 is 27.6 Å². The number of pyridine rings is 2. The van der Waals surface area contributed by atoms with Crippen LogP contribution in [0.1, 0.15) is 77.6 Å². The molecule has 0 bridgehead atoms. The zero-order valence-corrected chi connectivity index (χ0v) is 26.8. The molecule has 11 nitrogen and oxygen atoms in total. The maximum Gasteiger partial charge on any atom is 0.268 e. The van der Waals surface area contributed by atoms with Crippen LogP contribution in [0.3, 0.4) is 0 Å². The van der Waals surface area contributed by atoms with E-state index in [-0.39, 0.29) is 21.4 Å². The zero-order chi connectivity index (χ0) is 31.0. The number of piperidine rings is 1. The second-order valence-electron chi connectivity index (χ2n) is 13.5. The molecule has 0 aliphatic carbocycles. The van der Waals surface area contributed by atoms with Gasteiger partial charge in [0, 0.05) is 43.6 Å². The normalized spacial score (nSPS) is 19.0. The number of nitrogens with one attached hydrogen (secondary N) is 1. The van der Waals surface area contributed by atoms with Gasteiger partial charge in [-0.05, 0) is 75.1 Å². The first-order chi connectivity index (χ1) is 20.2. The van der Waals surface area contributed by atoms with Crippen LogP contribution in [0.15, 0.2) is 47.6 Å². The summed E-state index contributed by atoms with van der Waals surface area (Å²) in [5.41, 5.74) is -0.142. The lowest BCUT2D eigenvalue weighted by molar-refractivity contribution is 0.0981. The van der Waals surface area contributed by atoms with Gasteiger partial charge in [0.1, 0.15) is 16.5 Å². The van der Waals surface area contributed by atoms with Gasteiger partial charge in [-0.25, -0.2) is 27.8 Å². The third-order valence-corrected chi connectivity index (χ3v) is 9.16. The molecule has 0 unspecified atom stereocenters. The SMILES string of the molecule is C[C@@H]1CN(c2nc(-n3ccc(OCC(C)(C)C)n3)ccc2C(=O)NS(=O)(=O)c2cccnc2N2CCCCC2)C(C)(C)C1. The fourth-order valence-electron chi connectivity index (χ4n) is 5.88. The quantitative estimate of drug-likeness (QED) is 0.383. The predicted octanol–water partition coefficient (Wildman–Crippen LogP) is 4.82. The molecular weight excluding hydrogens is 566 g/mol. The van der Waals surface area contributed by atoms with Crippen LogP contribution in [0.2, 0.25) is 0 Å². The van der Waals surface area contributed by atoms with E-state index in [9.17, 15) is 13.2 Å². The number of hydrogen-bond donors (Lipinski definition) is 1. The van der Waals surface area contributed by atoms with Crippen molar-refractivity contribution in [3.8, 4) is 11.7 Å². The van der Waals surface area contributed by atoms with Gasteiger partial charge in [-0.2, -0.15) is 0 Å². The Hall–Kier alpha value is -3.67. The van der Waals surface area contributed by atoms with Crippen LogP contribution in [-0.2, 0) is 10.0 Å². The Morgan fingerprint density at radius 1 is 1.09 bits per heavy atom. The van der Waals surface area contributed by atoms with Crippen molar-refractivity contribution in [3.63, 3.8) is 0 Å². The average Bonchev–Trinajstić information content (AvgIpc) is 3.54. The molecular formula is C31H43N7O4S. The number of aromatic nitrogens is 4. The van der Waals surface area contributed by atoms with Crippen molar-refractivity contribution in [2.45, 2.75) is 77.7 Å². The van der Waals surface area contributed by atoms with E-state index in [4.69, 9.17) is 9.72 Å². The van der Waals surface area contributed by atoms with Gasteiger partial charge >= 0.3 is 0 Å². The average molecular weight is 610 g/mol. The molecule has 0 radical (unpaired) electrons. The van der Waals surface area contributed by atoms with Crippen LogP contribution in [0.4, 0.5) is 11.6 Å². The number of anilines is 2. The number of carbonyl (C=O) groups is 1. The molecule has 1 amide bonds. The fraction of sp³-hybridized carbons (Fsp3) is 0.548. The van der Waals surface area contributed by atoms with Crippen LogP contribution in [0, 0.1) is 11.3 Å². The van der Waals surface area contributed by atoms with Gasteiger partial charge in [-0.1, -0.05) is 27.7 Å². The molecule has 0 aromatic carbocycles. The van der Waals surface area contributed by atoms with E-state index in [1.54, 1.807) is 41.3 Å². The predicted molar refractivity (Wildman–Crippen MR) is 166 cm³/mol. The van der Waals surface area contributed by atoms with E-state index in [1.165, 1.54) is 6.07 Å². The molecule has 2 aliphatic rings. The second kappa shape index (κ2) is 11.8. The lowest BCUT2D eigenvalue weighted by Crippen LogP contribution is -2.41. The topological polar surface area (TPSA) is 123 Å². The maximum absolute atomic E-state index is 13.8. The van der Waals surface area contributed by atoms with E-state index >= 15 is 0 Å². The smallest absolute Gasteiger partial charge is 0.268 e. The first-order valence-electron chi connectivity index (χ1n) is 15.0. The number of amides is 1. The summed E-state index contributed by atoms with van der Waals surface area (Å²) in [5.74, 6) is 1.37. The van der Waals surface area contributed by atoms with Gasteiger partial charge in [0.15, 0.2) is 5.82 Å². The summed E-state index contributed by atoms with van der Waals surface area (Å²) in [4.78, 5) is 27.1. The second-order valence-corrected chi connectivity index (χ2v) is 15.2. The Kier molecular flexibility index (Phi) is 8.43. The minimum atomic E-state index is -4.23. The van der Waals surface area contributed by atoms with E-state index in [0.717, 1.165) is 38.8 Å². The summed E-state index contributed by atoms with van der Waals surface area (Å²) in [5, 5.41) is 4.54. The minimum absolute atomic E-state index is 0.00849. The van der Waals surface area contributed by atoms with Crippen LogP contribution in [0.25, 0.3) is 5.82 Å². The summed E-state index contributed by atoms with van der Waals surface area (Å²) in [6, 6.07) is 8.13. The first-order valence-corrected chi connectivity index (χ1v) is 16.5. The molecule has 43 heavy (non-hydrogen) atoms. The summed E-state index contributed by atoms with van der Waals surface area (Å²) in [7, 11) is -4.23. The van der Waals surface area contributed by atoms with Crippen LogP contribution in [0.5, 0.6) is 5.88 Å². The molecule has 5 heterocycles. The van der Waals surface area contributed by atoms with E-state index in [2.05, 4.69) is 61.2 Å². The number of sulfonamides is 1. The van der Waals surface area contributed by atoms with Gasteiger partial charge in [0.2, 0.25) is 5.88 Å². The lowest BCUT2D eigenvalue weighted by atomic mass is 9.97. The Balaban J connectivity index is 1.48. The van der Waals surface area contributed by atoms with E-state index in [1.807, 2.05) is 4.90 Å². The molecule has 12 heteroatoms. The third kappa shape index (κ3) is 6.95. The summed E-state index contributed by atoms with van der Waals surface area (Å²) >= 11 is 0. The number of carbonyl (C=O) groups excluding carboxylic acids is 1. The third-order valence-electron chi connectivity index (χ3n) is 7.81. The number of rotatable bonds is 8. The van der Waals surface area contributed by atoms with Crippen molar-refractivity contribution in [3.05, 3.63) is 48.3 Å². The Morgan fingerprint density at radius 2 is 1.84 bits per heavy atom. The van der Waals surface area contributed by atoms with E-state index in [0.29, 0.717) is 42.4 Å². The number of ether oxygens (including phenoxy) is 1. The first kappa shape index (κ1) is 30.8. The van der Waals surface area contributed by atoms with Crippen LogP contribution in [-0.4, -0.2) is 65.9 Å². The highest BCUT2D eigenvalue weighted by atomic mass is 32.2. The van der Waals surface area contributed by atoms with Gasteiger partial charge in [0.25, 0.3) is 15.9 Å². The largest absolute Gasteiger partial charge is 0.476 e. The highest BCUT2D eigenvalue weighted by molar-refractivity contribution is 7.90. The van der Waals surface area contributed by atoms with Crippen molar-refractivity contribution in [1.82, 2.24) is 24.5 Å². The molecule has 2 aliphatic heterocycles. The van der Waals surface area contributed by atoms with Gasteiger partial charge in [-0.15, -0.1) is 5.10 Å². The molecule has 0 saturated carbocycles. The summed E-state index contributed by atoms with van der Waals surface area (Å²) < 4.78 is 37.1. The molecule has 1 N–H and O–H groups in total. The molecule has 2 saturated heterocycles. The zero-order valence-electron chi connectivity index (χ0n) is 26.0. The van der Waals surface area contributed by atoms with Gasteiger partial charge in [0.05, 0.1) is 12.2 Å². The molecule has 3 aromatic heterocycles. The number of hydrogen-bond acceptors (Lipinski definition) is 9. The summed E-state index contributed by atoms with van der Waals surface area (Å²) in [6.45, 7) is 15.3. The van der Waals surface area contributed by atoms with Crippen LogP contribution >= 0.6 is 0 Å². The summed E-state index contributed by atoms with van der Waals surface area (Å²) in [6.07, 6.45) is 7.28. The Morgan fingerprint density at radius 3 is 2.51 bits per heavy atom. The van der Waals surface area contributed by atoms with E-state index < -0.39 is 15.9 Å². The molecule has 2 fully saturated rings. The standard InChI is InChI=1S/C31H43N7O4S/c1-22-19-31(5,6)37(20-22)27-23(12-13-25(33-27)38-18-14-26(34-38)42-21-30(2,3)4)29(39)35-43(40,41)24-11-10-15-32-28(24)36-16-8-7-9-17-36/h10-15,18,22H,7-9,16-17,19-21H2,1-6H3,(H,35,39)/t22-/m0/s1. The maximum atomic E-state index is 13.8. The van der Waals surface area contributed by atoms with Crippen molar-refractivity contribution in [2.75, 3.05) is 36.0 Å². The van der Waals surface area contributed by atoms with Crippen LogP contribution < -0.4 is 19.3 Å². The minimum Gasteiger partial charge on any atom is -0.476 e. The molecule has 0 spiro atoms. The Bertz CT molecular complexity index is 1570. The van der Waals surface area contributed by atoms with Crippen molar-refractivity contribution in [1.29, 1.82) is 0 Å². The lowest BCUT2D eigenvalue weighted by Gasteiger charge is -2.34. The Labute approximate surface area is 254 Å². The molecule has 3 aromatic rings. The van der Waals surface area contributed by atoms with Crippen molar-refractivity contribution < 1.29 is 17.9 Å². The molecule has 5 rings (SSSR count). The highest BCUT2D eigenvalue weighted by Crippen LogP contribution is 2.38. The monoisotopic (exact) mass is 609 g/mol. The van der Waals surface area contributed by atoms with Gasteiger partial charge in [-0.3, -0.25) is 4.79 Å².